The van der Waals surface area contributed by atoms with E-state index in [1.165, 1.54) is 5.32 Å². The molecular weight excluding hydrogens is 159 g/mol. The Kier molecular flexibility index (Phi) is 3.35. The quantitative estimate of drug-likeness (QED) is 0.303. The van der Waals surface area contributed by atoms with Gasteiger partial charge >= 0.3 is 18.2 Å². The molecule has 0 radical (unpaired) electrons. The van der Waals surface area contributed by atoms with Crippen molar-refractivity contribution < 1.29 is 18.8 Å². The molecule has 0 saturated heterocycles. The maximum atomic E-state index is 11.2. The van der Waals surface area contributed by atoms with Crippen LogP contribution in [-0.4, -0.2) is 18.2 Å². The fourth-order valence-corrected chi connectivity index (χ4v) is 0.215. The molecule has 0 aromatic heterocycles. The van der Waals surface area contributed by atoms with Gasteiger partial charge in [-0.15, -0.1) is 4.39 Å². The first-order valence-corrected chi connectivity index (χ1v) is 2.24. The molecule has 0 atom stereocenters. The summed E-state index contributed by atoms with van der Waals surface area (Å²) in [5, 5.41) is 6.01. The van der Waals surface area contributed by atoms with E-state index in [0.29, 0.717) is 0 Å². The van der Waals surface area contributed by atoms with E-state index in [1.54, 1.807) is 0 Å². The predicted molar refractivity (Wildman–Crippen MR) is 29.5 cm³/mol. The topological polar surface area (TPSA) is 114 Å². The van der Waals surface area contributed by atoms with Crippen molar-refractivity contribution in [3.8, 4) is 0 Å². The highest BCUT2D eigenvalue weighted by molar-refractivity contribution is 5.93. The number of carbonyl (C=O) groups is 3. The second-order valence-electron chi connectivity index (χ2n) is 1.25. The first-order chi connectivity index (χ1) is 5.02. The Morgan fingerprint density at radius 2 is 1.82 bits per heavy atom. The van der Waals surface area contributed by atoms with Crippen LogP contribution >= 0.6 is 0 Å². The van der Waals surface area contributed by atoms with Crippen molar-refractivity contribution in [1.82, 2.24) is 5.32 Å². The molecule has 0 aromatic rings. The van der Waals surface area contributed by atoms with Gasteiger partial charge in [0.1, 0.15) is 0 Å². The molecule has 0 rings (SSSR count). The lowest BCUT2D eigenvalue weighted by Crippen LogP contribution is -2.32. The first kappa shape index (κ1) is 9.14. The number of hydrogen-bond acceptors (Lipinski definition) is 3. The largest absolute Gasteiger partial charge is 0.442 e. The number of nitrogens with two attached hydrogens (primary N) is 1. The maximum absolute atomic E-state index is 11.2. The number of rotatable bonds is 0. The Bertz CT molecular complexity index is 225. The summed E-state index contributed by atoms with van der Waals surface area (Å²) in [6.45, 7) is 0. The summed E-state index contributed by atoms with van der Waals surface area (Å²) < 4.78 is 11.2. The third kappa shape index (κ3) is 6.02. The summed E-state index contributed by atoms with van der Waals surface area (Å²) in [6, 6.07) is -2.47. The molecule has 0 heterocycles. The molecule has 11 heavy (non-hydrogen) atoms. The lowest BCUT2D eigenvalue weighted by molar-refractivity contribution is 0.225. The molecule has 3 N–H and O–H groups in total. The molecule has 7 nitrogen and oxygen atoms in total. The molecule has 0 spiro atoms. The molecule has 0 saturated carbocycles. The van der Waals surface area contributed by atoms with Crippen molar-refractivity contribution >= 4 is 18.2 Å². The molecule has 5 amide bonds. The van der Waals surface area contributed by atoms with E-state index >= 15 is 0 Å². The minimum Gasteiger partial charge on any atom is -0.351 e. The lowest BCUT2D eigenvalue weighted by Gasteiger charge is -1.88. The van der Waals surface area contributed by atoms with Gasteiger partial charge in [-0.1, -0.05) is 10.2 Å². The molecule has 0 bridgehead atoms. The summed E-state index contributed by atoms with van der Waals surface area (Å²) >= 11 is 0. The van der Waals surface area contributed by atoms with Crippen molar-refractivity contribution in [2.75, 3.05) is 0 Å². The monoisotopic (exact) mass is 162 g/mol. The Balaban J connectivity index is 3.88. The van der Waals surface area contributed by atoms with E-state index in [-0.39, 0.29) is 0 Å². The average Bonchev–Trinajstić information content (AvgIpc) is 1.82. The molecule has 0 aliphatic rings. The van der Waals surface area contributed by atoms with Gasteiger partial charge in [0.15, 0.2) is 0 Å². The summed E-state index contributed by atoms with van der Waals surface area (Å²) in [7, 11) is 0. The predicted octanol–water partition coefficient (Wildman–Crippen LogP) is 0.316. The Morgan fingerprint density at radius 1 is 1.27 bits per heavy atom. The SMILES string of the molecule is NC(=O)NC(=O)/N=N/C(=O)F. The smallest absolute Gasteiger partial charge is 0.351 e. The Labute approximate surface area is 59.5 Å². The van der Waals surface area contributed by atoms with Crippen LogP contribution in [0, 0.1) is 0 Å². The molecule has 60 valence electrons. The zero-order chi connectivity index (χ0) is 8.85. The fourth-order valence-electron chi connectivity index (χ4n) is 0.215. The standard InChI is InChI=1S/C3H3FN4O3/c4-1(9)7-8-3(11)6-2(5)10/h(H3,5,6,10,11)/b8-7+. The number of imide groups is 1. The highest BCUT2D eigenvalue weighted by Crippen LogP contribution is 1.82. The van der Waals surface area contributed by atoms with Crippen molar-refractivity contribution in [3.05, 3.63) is 0 Å². The van der Waals surface area contributed by atoms with Crippen molar-refractivity contribution in [3.63, 3.8) is 0 Å². The van der Waals surface area contributed by atoms with Crippen molar-refractivity contribution in [1.29, 1.82) is 0 Å². The number of azo groups is 1. The van der Waals surface area contributed by atoms with Gasteiger partial charge in [0.2, 0.25) is 0 Å². The van der Waals surface area contributed by atoms with E-state index in [0.717, 1.165) is 0 Å². The van der Waals surface area contributed by atoms with Crippen LogP contribution in [0.4, 0.5) is 18.8 Å². The van der Waals surface area contributed by atoms with Crippen LogP contribution in [0.3, 0.4) is 0 Å². The Hall–Kier alpha value is -1.86. The maximum Gasteiger partial charge on any atom is 0.442 e. The fraction of sp³-hybridized carbons (Fsp3) is 0. The van der Waals surface area contributed by atoms with E-state index in [9.17, 15) is 18.8 Å². The number of nitrogens with zero attached hydrogens (tertiary/aromatic N) is 2. The average molecular weight is 162 g/mol. The molecule has 0 aliphatic heterocycles. The van der Waals surface area contributed by atoms with Gasteiger partial charge in [-0.3, -0.25) is 5.32 Å². The van der Waals surface area contributed by atoms with E-state index in [2.05, 4.69) is 16.0 Å². The molecular formula is C3H3FN4O3. The minimum absolute atomic E-state index is 1.17. The van der Waals surface area contributed by atoms with Crippen LogP contribution in [0.1, 0.15) is 0 Å². The second-order valence-corrected chi connectivity index (χ2v) is 1.25. The lowest BCUT2D eigenvalue weighted by atomic mass is 10.9. The molecule has 0 aromatic carbocycles. The van der Waals surface area contributed by atoms with Crippen LogP contribution in [0.2, 0.25) is 0 Å². The normalized spacial score (nSPS) is 9.55. The van der Waals surface area contributed by atoms with Gasteiger partial charge < -0.3 is 5.73 Å². The molecule has 8 heteroatoms. The number of nitrogens with one attached hydrogen (secondary N) is 1. The van der Waals surface area contributed by atoms with Crippen LogP contribution in [0.25, 0.3) is 0 Å². The van der Waals surface area contributed by atoms with Crippen LogP contribution in [0.5, 0.6) is 0 Å². The first-order valence-electron chi connectivity index (χ1n) is 2.24. The summed E-state index contributed by atoms with van der Waals surface area (Å²) in [5.74, 6) is 0. The zero-order valence-electron chi connectivity index (χ0n) is 5.07. The number of amides is 5. The summed E-state index contributed by atoms with van der Waals surface area (Å²) in [5.41, 5.74) is 4.45. The van der Waals surface area contributed by atoms with Crippen LogP contribution in [0.15, 0.2) is 10.2 Å². The van der Waals surface area contributed by atoms with Crippen LogP contribution < -0.4 is 11.1 Å². The van der Waals surface area contributed by atoms with Crippen molar-refractivity contribution in [2.45, 2.75) is 0 Å². The minimum atomic E-state index is -2.13. The number of primary amides is 1. The summed E-state index contributed by atoms with van der Waals surface area (Å²) in [6.07, 6.45) is -2.13. The van der Waals surface area contributed by atoms with Crippen molar-refractivity contribution in [2.24, 2.45) is 16.0 Å². The number of urea groups is 2. The van der Waals surface area contributed by atoms with Gasteiger partial charge in [0.05, 0.1) is 0 Å². The number of halogens is 1. The second kappa shape index (κ2) is 4.04. The van der Waals surface area contributed by atoms with Gasteiger partial charge in [-0.05, 0) is 0 Å². The molecule has 0 aliphatic carbocycles. The van der Waals surface area contributed by atoms with Gasteiger partial charge in [-0.25, -0.2) is 14.4 Å². The highest BCUT2D eigenvalue weighted by atomic mass is 19.1. The number of hydrogen-bond donors (Lipinski definition) is 2. The van der Waals surface area contributed by atoms with E-state index in [4.69, 9.17) is 0 Å². The third-order valence-electron chi connectivity index (χ3n) is 0.450. The molecule has 0 fully saturated rings. The molecule has 0 unspecified atom stereocenters. The van der Waals surface area contributed by atoms with E-state index in [1.807, 2.05) is 0 Å². The van der Waals surface area contributed by atoms with E-state index < -0.39 is 18.2 Å². The van der Waals surface area contributed by atoms with Crippen LogP contribution in [-0.2, 0) is 0 Å². The van der Waals surface area contributed by atoms with Gasteiger partial charge in [0.25, 0.3) is 0 Å². The number of carbonyl (C=O) groups excluding carboxylic acids is 3. The summed E-state index contributed by atoms with van der Waals surface area (Å²) in [4.78, 5) is 29.4. The van der Waals surface area contributed by atoms with Gasteiger partial charge in [-0.2, -0.15) is 0 Å². The zero-order valence-corrected chi connectivity index (χ0v) is 5.07. The Morgan fingerprint density at radius 3 is 2.18 bits per heavy atom. The third-order valence-corrected chi connectivity index (χ3v) is 0.450. The highest BCUT2D eigenvalue weighted by Gasteiger charge is 2.01. The van der Waals surface area contributed by atoms with Gasteiger partial charge in [0, 0.05) is 0 Å².